The predicted octanol–water partition coefficient (Wildman–Crippen LogP) is 3.36. The number of hydrogen-bond donors (Lipinski definition) is 1. The van der Waals surface area contributed by atoms with Crippen molar-refractivity contribution in [1.82, 2.24) is 0 Å². The maximum atomic E-state index is 13.3. The van der Waals surface area contributed by atoms with Crippen LogP contribution in [0.3, 0.4) is 0 Å². The highest BCUT2D eigenvalue weighted by atomic mass is 19.1. The van der Waals surface area contributed by atoms with E-state index >= 15 is 0 Å². The van der Waals surface area contributed by atoms with Gasteiger partial charge in [-0.15, -0.1) is 0 Å². The summed E-state index contributed by atoms with van der Waals surface area (Å²) in [6.07, 6.45) is 0.517. The highest BCUT2D eigenvalue weighted by molar-refractivity contribution is 5.55. The van der Waals surface area contributed by atoms with Crippen LogP contribution in [0.15, 0.2) is 18.2 Å². The number of benzene rings is 1. The molecule has 1 aliphatic heterocycles. The van der Waals surface area contributed by atoms with Crippen molar-refractivity contribution in [3.63, 3.8) is 0 Å². The highest BCUT2D eigenvalue weighted by Crippen LogP contribution is 2.32. The quantitative estimate of drug-likeness (QED) is 0.871. The number of hydrogen-bond acceptors (Lipinski definition) is 2. The van der Waals surface area contributed by atoms with Gasteiger partial charge in [0.15, 0.2) is 0 Å². The number of halogens is 1. The van der Waals surface area contributed by atoms with E-state index < -0.39 is 6.10 Å². The molecule has 1 saturated heterocycles. The molecule has 1 heterocycles. The fraction of sp³-hybridized carbons (Fsp3) is 0.600. The smallest absolute Gasteiger partial charge is 0.123 e. The zero-order valence-corrected chi connectivity index (χ0v) is 11.4. The summed E-state index contributed by atoms with van der Waals surface area (Å²) >= 11 is 0. The van der Waals surface area contributed by atoms with Crippen molar-refractivity contribution < 1.29 is 9.50 Å². The summed E-state index contributed by atoms with van der Waals surface area (Å²) in [5, 5.41) is 9.78. The SMILES string of the molecule is CC(O)c1cc(F)ccc1N1CCC(C)C(C)C1. The topological polar surface area (TPSA) is 23.5 Å². The van der Waals surface area contributed by atoms with E-state index in [9.17, 15) is 9.50 Å². The summed E-state index contributed by atoms with van der Waals surface area (Å²) in [6.45, 7) is 8.18. The van der Waals surface area contributed by atoms with Crippen molar-refractivity contribution in [2.45, 2.75) is 33.3 Å². The van der Waals surface area contributed by atoms with Crippen LogP contribution >= 0.6 is 0 Å². The lowest BCUT2D eigenvalue weighted by molar-refractivity contribution is 0.198. The largest absolute Gasteiger partial charge is 0.389 e. The van der Waals surface area contributed by atoms with E-state index in [1.807, 2.05) is 0 Å². The lowest BCUT2D eigenvalue weighted by atomic mass is 9.88. The van der Waals surface area contributed by atoms with Gasteiger partial charge in [0, 0.05) is 24.3 Å². The highest BCUT2D eigenvalue weighted by Gasteiger charge is 2.25. The second kappa shape index (κ2) is 5.27. The fourth-order valence-electron chi connectivity index (χ4n) is 2.63. The third-order valence-electron chi connectivity index (χ3n) is 4.11. The van der Waals surface area contributed by atoms with Gasteiger partial charge in [0.05, 0.1) is 6.10 Å². The Morgan fingerprint density at radius 3 is 2.67 bits per heavy atom. The lowest BCUT2D eigenvalue weighted by Crippen LogP contribution is -2.39. The summed E-state index contributed by atoms with van der Waals surface area (Å²) in [5.74, 6) is 1.08. The van der Waals surface area contributed by atoms with Gasteiger partial charge >= 0.3 is 0 Å². The number of aliphatic hydroxyl groups is 1. The Morgan fingerprint density at radius 2 is 2.06 bits per heavy atom. The molecule has 2 nitrogen and oxygen atoms in total. The van der Waals surface area contributed by atoms with Crippen LogP contribution in [0.5, 0.6) is 0 Å². The Hall–Kier alpha value is -1.09. The Balaban J connectivity index is 2.28. The van der Waals surface area contributed by atoms with Gasteiger partial charge in [-0.05, 0) is 43.4 Å². The zero-order chi connectivity index (χ0) is 13.3. The van der Waals surface area contributed by atoms with Crippen molar-refractivity contribution in [2.75, 3.05) is 18.0 Å². The van der Waals surface area contributed by atoms with Crippen molar-refractivity contribution in [3.8, 4) is 0 Å². The summed E-state index contributed by atoms with van der Waals surface area (Å²) in [7, 11) is 0. The molecular weight excluding hydrogens is 229 g/mol. The molecule has 1 aliphatic rings. The first-order valence-electron chi connectivity index (χ1n) is 6.71. The Morgan fingerprint density at radius 1 is 1.33 bits per heavy atom. The second-order valence-corrected chi connectivity index (χ2v) is 5.57. The molecule has 1 aromatic carbocycles. The monoisotopic (exact) mass is 251 g/mol. The summed E-state index contributed by atoms with van der Waals surface area (Å²) < 4.78 is 13.3. The molecule has 0 aromatic heterocycles. The number of nitrogens with zero attached hydrogens (tertiary/aromatic N) is 1. The van der Waals surface area contributed by atoms with Gasteiger partial charge in [-0.3, -0.25) is 0 Å². The molecule has 100 valence electrons. The minimum absolute atomic E-state index is 0.284. The molecule has 3 atom stereocenters. The number of aliphatic hydroxyl groups excluding tert-OH is 1. The normalized spacial score (nSPS) is 26.2. The average molecular weight is 251 g/mol. The van der Waals surface area contributed by atoms with E-state index in [1.54, 1.807) is 13.0 Å². The van der Waals surface area contributed by atoms with Crippen LogP contribution < -0.4 is 4.90 Å². The number of piperidine rings is 1. The molecular formula is C15H22FNO. The number of rotatable bonds is 2. The molecule has 1 fully saturated rings. The molecule has 0 radical (unpaired) electrons. The van der Waals surface area contributed by atoms with Gasteiger partial charge in [0.25, 0.3) is 0 Å². The van der Waals surface area contributed by atoms with E-state index in [0.29, 0.717) is 11.5 Å². The van der Waals surface area contributed by atoms with Crippen LogP contribution in [-0.2, 0) is 0 Å². The van der Waals surface area contributed by atoms with E-state index in [1.165, 1.54) is 12.1 Å². The van der Waals surface area contributed by atoms with Gasteiger partial charge in [-0.1, -0.05) is 13.8 Å². The van der Waals surface area contributed by atoms with Gasteiger partial charge in [0.1, 0.15) is 5.82 Å². The molecule has 0 saturated carbocycles. The standard InChI is InChI=1S/C15H22FNO/c1-10-6-7-17(9-11(10)2)15-5-4-13(16)8-14(15)12(3)18/h4-5,8,10-12,18H,6-7,9H2,1-3H3. The van der Waals surface area contributed by atoms with Crippen molar-refractivity contribution >= 4 is 5.69 Å². The van der Waals surface area contributed by atoms with Crippen LogP contribution in [0.1, 0.15) is 38.9 Å². The second-order valence-electron chi connectivity index (χ2n) is 5.57. The van der Waals surface area contributed by atoms with Gasteiger partial charge in [0.2, 0.25) is 0 Å². The summed E-state index contributed by atoms with van der Waals surface area (Å²) in [5.41, 5.74) is 1.67. The molecule has 0 spiro atoms. The molecule has 0 aliphatic carbocycles. The maximum Gasteiger partial charge on any atom is 0.123 e. The lowest BCUT2D eigenvalue weighted by Gasteiger charge is -2.38. The van der Waals surface area contributed by atoms with Crippen molar-refractivity contribution in [1.29, 1.82) is 0 Å². The summed E-state index contributed by atoms with van der Waals surface area (Å²) in [6, 6.07) is 4.71. The molecule has 1 N–H and O–H groups in total. The third kappa shape index (κ3) is 2.66. The molecule has 18 heavy (non-hydrogen) atoms. The predicted molar refractivity (Wildman–Crippen MR) is 72.2 cm³/mol. The molecule has 3 heteroatoms. The van der Waals surface area contributed by atoms with Crippen LogP contribution in [-0.4, -0.2) is 18.2 Å². The van der Waals surface area contributed by atoms with Gasteiger partial charge in [-0.25, -0.2) is 4.39 Å². The molecule has 0 bridgehead atoms. The van der Waals surface area contributed by atoms with Crippen LogP contribution in [0.25, 0.3) is 0 Å². The third-order valence-corrected chi connectivity index (χ3v) is 4.11. The van der Waals surface area contributed by atoms with E-state index in [-0.39, 0.29) is 5.82 Å². The average Bonchev–Trinajstić information content (AvgIpc) is 2.32. The Labute approximate surface area is 108 Å². The zero-order valence-electron chi connectivity index (χ0n) is 11.4. The molecule has 1 aromatic rings. The Kier molecular flexibility index (Phi) is 3.91. The minimum atomic E-state index is -0.634. The molecule has 2 rings (SSSR count). The molecule has 0 amide bonds. The first kappa shape index (κ1) is 13.3. The number of anilines is 1. The van der Waals surface area contributed by atoms with Crippen LogP contribution in [0.2, 0.25) is 0 Å². The first-order chi connectivity index (χ1) is 8.49. The van der Waals surface area contributed by atoms with E-state index in [0.717, 1.165) is 31.1 Å². The minimum Gasteiger partial charge on any atom is -0.389 e. The maximum absolute atomic E-state index is 13.3. The van der Waals surface area contributed by atoms with E-state index in [4.69, 9.17) is 0 Å². The van der Waals surface area contributed by atoms with Crippen LogP contribution in [0, 0.1) is 17.7 Å². The summed E-state index contributed by atoms with van der Waals surface area (Å²) in [4.78, 5) is 2.27. The van der Waals surface area contributed by atoms with Crippen molar-refractivity contribution in [2.24, 2.45) is 11.8 Å². The Bertz CT molecular complexity index is 419. The van der Waals surface area contributed by atoms with Gasteiger partial charge < -0.3 is 10.0 Å². The van der Waals surface area contributed by atoms with Gasteiger partial charge in [-0.2, -0.15) is 0 Å². The van der Waals surface area contributed by atoms with Crippen LogP contribution in [0.4, 0.5) is 10.1 Å². The first-order valence-corrected chi connectivity index (χ1v) is 6.71. The van der Waals surface area contributed by atoms with Crippen molar-refractivity contribution in [3.05, 3.63) is 29.6 Å². The van der Waals surface area contributed by atoms with E-state index in [2.05, 4.69) is 18.7 Å². The molecule has 3 unspecified atom stereocenters. The fourth-order valence-corrected chi connectivity index (χ4v) is 2.63.